The van der Waals surface area contributed by atoms with Crippen LogP contribution in [0.3, 0.4) is 0 Å². The number of nitriles is 1. The predicted octanol–water partition coefficient (Wildman–Crippen LogP) is 8.26. The van der Waals surface area contributed by atoms with Gasteiger partial charge in [-0.3, -0.25) is 9.05 Å². The molecule has 2 aromatic heterocycles. The van der Waals surface area contributed by atoms with Crippen molar-refractivity contribution in [2.24, 2.45) is 0 Å². The summed E-state index contributed by atoms with van der Waals surface area (Å²) in [6.45, 7) is 4.92. The summed E-state index contributed by atoms with van der Waals surface area (Å²) in [7, 11) is -4.82. The number of halogens is 1. The maximum Gasteiger partial charge on any atom is 0.472 e. The maximum atomic E-state index is 14.6. The van der Waals surface area contributed by atoms with Gasteiger partial charge in [0.05, 0.1) is 43.3 Å². The second-order valence-corrected chi connectivity index (χ2v) is 17.0. The van der Waals surface area contributed by atoms with Crippen molar-refractivity contribution >= 4 is 19.2 Å². The van der Waals surface area contributed by atoms with Gasteiger partial charge < -0.3 is 35.1 Å². The highest BCUT2D eigenvalue weighted by atomic mass is 31.2. The minimum Gasteiger partial charge on any atom is -0.387 e. The van der Waals surface area contributed by atoms with Gasteiger partial charge in [0.15, 0.2) is 5.82 Å². The number of unbranched alkanes of at least 4 members (excludes halogenated alkanes) is 15. The van der Waals surface area contributed by atoms with E-state index in [1.807, 2.05) is 6.07 Å². The van der Waals surface area contributed by atoms with Gasteiger partial charge in [-0.15, -0.1) is 0 Å². The Morgan fingerprint density at radius 1 is 0.983 bits per heavy atom. The normalized spacial score (nSPS) is 21.6. The van der Waals surface area contributed by atoms with E-state index in [1.54, 1.807) is 12.1 Å². The summed E-state index contributed by atoms with van der Waals surface area (Å²) in [5.41, 5.74) is 5.50. The lowest BCUT2D eigenvalue weighted by molar-refractivity contribution is -0.134. The number of anilines is 1. The van der Waals surface area contributed by atoms with Gasteiger partial charge in [-0.1, -0.05) is 109 Å². The topological polar surface area (TPSA) is 204 Å². The minimum atomic E-state index is -4.82. The number of aliphatic hydroxyl groups is 2. The molecule has 0 radical (unpaired) electrons. The summed E-state index contributed by atoms with van der Waals surface area (Å²) in [5.74, 6) is -0.409. The molecule has 3 aromatic rings. The van der Waals surface area contributed by atoms with Gasteiger partial charge in [0.2, 0.25) is 0 Å². The Balaban J connectivity index is 1.21. The number of nitrogens with zero attached hydrogens (tertiary/aromatic N) is 4. The first-order valence-corrected chi connectivity index (χ1v) is 22.5. The smallest absolute Gasteiger partial charge is 0.387 e. The molecule has 1 saturated heterocycles. The van der Waals surface area contributed by atoms with E-state index in [9.17, 15) is 24.1 Å². The van der Waals surface area contributed by atoms with E-state index in [4.69, 9.17) is 34.3 Å². The number of nitrogen functional groups attached to an aromatic ring is 1. The Morgan fingerprint density at radius 2 is 1.60 bits per heavy atom. The van der Waals surface area contributed by atoms with E-state index in [-0.39, 0.29) is 30.2 Å². The molecule has 14 nitrogen and oxygen atoms in total. The van der Waals surface area contributed by atoms with Crippen molar-refractivity contribution in [3.63, 3.8) is 0 Å². The Kier molecular flexibility index (Phi) is 19.9. The third-order valence-electron chi connectivity index (χ3n) is 11.0. The number of ether oxygens (including phenoxy) is 3. The molecule has 324 valence electrons. The quantitative estimate of drug-likeness (QED) is 0.0385. The van der Waals surface area contributed by atoms with Crippen molar-refractivity contribution < 1.29 is 47.3 Å². The zero-order chi connectivity index (χ0) is 42.0. The Morgan fingerprint density at radius 3 is 2.21 bits per heavy atom. The summed E-state index contributed by atoms with van der Waals surface area (Å²) in [4.78, 5) is 14.7. The predicted molar refractivity (Wildman–Crippen MR) is 218 cm³/mol. The molecule has 1 aliphatic rings. The van der Waals surface area contributed by atoms with Crippen molar-refractivity contribution in [3.8, 4) is 6.07 Å². The molecule has 4 rings (SSSR count). The average molecular weight is 834 g/mol. The van der Waals surface area contributed by atoms with Crippen molar-refractivity contribution in [3.05, 3.63) is 59.3 Å². The van der Waals surface area contributed by atoms with Crippen molar-refractivity contribution in [1.29, 1.82) is 5.26 Å². The fourth-order valence-corrected chi connectivity index (χ4v) is 8.27. The monoisotopic (exact) mass is 833 g/mol. The van der Waals surface area contributed by atoms with Crippen LogP contribution in [0.15, 0.2) is 36.7 Å². The van der Waals surface area contributed by atoms with Crippen LogP contribution >= 0.6 is 7.82 Å². The minimum absolute atomic E-state index is 0.00105. The molecule has 1 unspecified atom stereocenters. The molecule has 1 fully saturated rings. The van der Waals surface area contributed by atoms with Crippen LogP contribution in [0.25, 0.3) is 5.52 Å². The zero-order valence-electron chi connectivity index (χ0n) is 34.5. The number of phosphoric acid groups is 1. The average Bonchev–Trinajstić information content (AvgIpc) is 3.74. The highest BCUT2D eigenvalue weighted by Gasteiger charge is 2.57. The zero-order valence-corrected chi connectivity index (χ0v) is 35.4. The molecule has 0 spiro atoms. The molecule has 3 heterocycles. The van der Waals surface area contributed by atoms with Crippen LogP contribution in [-0.4, -0.2) is 79.5 Å². The number of hydrogen-bond donors (Lipinski definition) is 4. The van der Waals surface area contributed by atoms with Gasteiger partial charge in [-0.25, -0.2) is 18.5 Å². The van der Waals surface area contributed by atoms with Gasteiger partial charge in [-0.05, 0) is 44.5 Å². The molecule has 0 amide bonds. The number of phosphoric ester groups is 1. The molecular formula is C42H65FN5O9P. The summed E-state index contributed by atoms with van der Waals surface area (Å²) in [5, 5.41) is 35.4. The molecule has 0 bridgehead atoms. The molecule has 1 aromatic carbocycles. The molecule has 5 N–H and O–H groups in total. The first kappa shape index (κ1) is 47.6. The number of fused-ring (bicyclic) bond motifs is 1. The number of rotatable bonds is 29. The highest BCUT2D eigenvalue weighted by molar-refractivity contribution is 7.47. The molecule has 16 heteroatoms. The van der Waals surface area contributed by atoms with Crippen LogP contribution in [-0.2, 0) is 34.4 Å². The second kappa shape index (κ2) is 24.3. The largest absolute Gasteiger partial charge is 0.472 e. The molecule has 1 aliphatic heterocycles. The summed E-state index contributed by atoms with van der Waals surface area (Å²) in [6, 6.07) is 9.20. The third-order valence-corrected chi connectivity index (χ3v) is 12.1. The van der Waals surface area contributed by atoms with Crippen LogP contribution in [0.2, 0.25) is 0 Å². The van der Waals surface area contributed by atoms with Gasteiger partial charge in [-0.2, -0.15) is 10.4 Å². The van der Waals surface area contributed by atoms with Gasteiger partial charge in [0.1, 0.15) is 47.7 Å². The second-order valence-electron chi connectivity index (χ2n) is 15.6. The fraction of sp³-hybridized carbons (Fsp3) is 0.690. The van der Waals surface area contributed by atoms with Crippen LogP contribution in [0.4, 0.5) is 10.2 Å². The van der Waals surface area contributed by atoms with Crippen LogP contribution < -0.4 is 5.73 Å². The number of hydrogen-bond acceptors (Lipinski definition) is 12. The lowest BCUT2D eigenvalue weighted by Crippen LogP contribution is -2.49. The van der Waals surface area contributed by atoms with Gasteiger partial charge in [0, 0.05) is 12.2 Å². The van der Waals surface area contributed by atoms with Crippen LogP contribution in [0.1, 0.15) is 146 Å². The number of aromatic nitrogens is 3. The molecule has 0 aliphatic carbocycles. The van der Waals surface area contributed by atoms with Gasteiger partial charge >= 0.3 is 7.82 Å². The fourth-order valence-electron chi connectivity index (χ4n) is 7.24. The lowest BCUT2D eigenvalue weighted by Gasteiger charge is -2.34. The van der Waals surface area contributed by atoms with E-state index in [1.165, 1.54) is 120 Å². The first-order chi connectivity index (χ1) is 27.9. The summed E-state index contributed by atoms with van der Waals surface area (Å²) < 4.78 is 58.0. The Labute approximate surface area is 342 Å². The third kappa shape index (κ3) is 14.3. The van der Waals surface area contributed by atoms with Gasteiger partial charge in [0.25, 0.3) is 0 Å². The number of nitrogens with two attached hydrogens (primary N) is 1. The Bertz CT molecular complexity index is 1760. The number of benzene rings is 1. The summed E-state index contributed by atoms with van der Waals surface area (Å²) >= 11 is 0. The number of aliphatic hydroxyl groups excluding tert-OH is 2. The van der Waals surface area contributed by atoms with Crippen LogP contribution in [0, 0.1) is 17.1 Å². The van der Waals surface area contributed by atoms with Crippen molar-refractivity contribution in [2.45, 2.75) is 166 Å². The standard InChI is InChI=1S/C42H65FN5O9P/c1-4-5-6-7-8-9-10-11-12-13-14-15-16-17-18-19-24-53-28-34(54-27-33-21-20-32(26-44)25-35(33)43)29-55-58(51,52)57-31(2)42(3)40(50)38(49)39(56-42)36-22-23-37-41(45)46-30-47-48(36)37/h20-23,25,30-31,34,38-40,49-50H,4-19,24,27-29H2,1-3H3,(H,51,52)(H2,45,46,47)/t31-,34+,38-,39-,40-,42+/m0/s1. The first-order valence-electron chi connectivity index (χ1n) is 21.1. The van der Waals surface area contributed by atoms with Crippen molar-refractivity contribution in [1.82, 2.24) is 14.6 Å². The van der Waals surface area contributed by atoms with E-state index < -0.39 is 56.4 Å². The highest BCUT2D eigenvalue weighted by Crippen LogP contribution is 2.50. The molecular weight excluding hydrogens is 768 g/mol. The van der Waals surface area contributed by atoms with Crippen LogP contribution in [0.5, 0.6) is 0 Å². The lowest BCUT2D eigenvalue weighted by atomic mass is 9.91. The van der Waals surface area contributed by atoms with Crippen molar-refractivity contribution in [2.75, 3.05) is 25.6 Å². The van der Waals surface area contributed by atoms with E-state index in [0.29, 0.717) is 17.8 Å². The summed E-state index contributed by atoms with van der Waals surface area (Å²) in [6.07, 6.45) is 15.2. The molecule has 0 saturated carbocycles. The Hall–Kier alpha value is -3.03. The van der Waals surface area contributed by atoms with E-state index >= 15 is 0 Å². The van der Waals surface area contributed by atoms with E-state index in [2.05, 4.69) is 17.0 Å². The maximum absolute atomic E-state index is 14.6. The van der Waals surface area contributed by atoms with E-state index in [0.717, 1.165) is 25.3 Å². The molecule has 7 atom stereocenters. The SMILES string of the molecule is CCCCCCCCCCCCCCCCCCOC[C@H](COP(=O)(O)O[C@@H](C)[C@@]1(C)O[C@@H](c2ccc3c(N)ncnn23)[C@H](O)[C@@H]1O)OCc1ccc(C#N)cc1F. The molecule has 58 heavy (non-hydrogen) atoms.